The van der Waals surface area contributed by atoms with Gasteiger partial charge in [-0.1, -0.05) is 109 Å². The average molecular weight is 593 g/mol. The fourth-order valence-electron chi connectivity index (χ4n) is 3.87. The summed E-state index contributed by atoms with van der Waals surface area (Å²) in [5.41, 5.74) is 7.47. The van der Waals surface area contributed by atoms with Crippen LogP contribution >= 0.6 is 0 Å². The first-order valence-corrected chi connectivity index (χ1v) is 13.2. The van der Waals surface area contributed by atoms with E-state index in [9.17, 15) is 0 Å². The molecule has 0 aliphatic heterocycles. The zero-order valence-corrected chi connectivity index (χ0v) is 25.0. The molecule has 0 saturated heterocycles. The normalized spacial score (nSPS) is 9.30. The summed E-state index contributed by atoms with van der Waals surface area (Å²) in [6, 6.07) is 62.0. The van der Waals surface area contributed by atoms with Crippen LogP contribution in [0.4, 0.5) is 0 Å². The van der Waals surface area contributed by atoms with Gasteiger partial charge in [0.15, 0.2) is 0 Å². The molecule has 6 aromatic rings. The van der Waals surface area contributed by atoms with Crippen LogP contribution in [-0.2, 0) is 26.2 Å². The summed E-state index contributed by atoms with van der Waals surface area (Å²) >= 11 is 0. The van der Waals surface area contributed by atoms with E-state index in [0.29, 0.717) is 0 Å². The molecule has 40 heavy (non-hydrogen) atoms. The van der Waals surface area contributed by atoms with E-state index in [1.54, 1.807) is 0 Å². The van der Waals surface area contributed by atoms with Gasteiger partial charge in [-0.2, -0.15) is 0 Å². The summed E-state index contributed by atoms with van der Waals surface area (Å²) < 4.78 is 0. The third-order valence-electron chi connectivity index (χ3n) is 5.80. The Balaban J connectivity index is 0.000000163. The van der Waals surface area contributed by atoms with Crippen molar-refractivity contribution in [2.45, 2.75) is 0 Å². The van der Waals surface area contributed by atoms with Gasteiger partial charge < -0.3 is 0 Å². The monoisotopic (exact) mass is 591 g/mol. The number of hydrogen-bond acceptors (Lipinski definition) is 0. The van der Waals surface area contributed by atoms with E-state index in [1.165, 1.54) is 33.4 Å². The van der Waals surface area contributed by atoms with E-state index in [4.69, 9.17) is 0 Å². The molecule has 0 aliphatic carbocycles. The quantitative estimate of drug-likeness (QED) is 0.169. The van der Waals surface area contributed by atoms with E-state index >= 15 is 0 Å². The smallest absolute Gasteiger partial charge is 0.126 e. The Morgan fingerprint density at radius 2 is 0.325 bits per heavy atom. The second-order valence-electron chi connectivity index (χ2n) is 8.90. The van der Waals surface area contributed by atoms with E-state index in [1.807, 2.05) is 36.4 Å². The Hall–Kier alpha value is -4.19. The first-order valence-electron chi connectivity index (χ1n) is 13.2. The molecule has 0 heterocycles. The van der Waals surface area contributed by atoms with Crippen LogP contribution in [0, 0.1) is 19.3 Å². The van der Waals surface area contributed by atoms with Crippen LogP contribution in [0.1, 0.15) is 33.4 Å². The molecule has 0 atom stereocenters. The third kappa shape index (κ3) is 11.7. The van der Waals surface area contributed by atoms with Gasteiger partial charge in [0.2, 0.25) is 0 Å². The average Bonchev–Trinajstić information content (AvgIpc) is 3.01. The maximum absolute atomic E-state index is 2.17. The molecule has 6 rings (SSSR count). The van der Waals surface area contributed by atoms with Gasteiger partial charge >= 0.3 is 26.2 Å². The van der Waals surface area contributed by atoms with Crippen molar-refractivity contribution in [1.29, 1.82) is 0 Å². The van der Waals surface area contributed by atoms with Crippen LogP contribution in [0.25, 0.3) is 0 Å². The fourth-order valence-corrected chi connectivity index (χ4v) is 3.87. The van der Waals surface area contributed by atoms with E-state index < -0.39 is 0 Å². The second-order valence-corrected chi connectivity index (χ2v) is 8.90. The third-order valence-corrected chi connectivity index (χ3v) is 5.80. The van der Waals surface area contributed by atoms with Crippen molar-refractivity contribution in [2.24, 2.45) is 0 Å². The summed E-state index contributed by atoms with van der Waals surface area (Å²) in [6.07, 6.45) is 6.50. The summed E-state index contributed by atoms with van der Waals surface area (Å²) in [5, 5.41) is 0. The molecule has 1 heteroatoms. The molecule has 0 aliphatic rings. The van der Waals surface area contributed by atoms with Gasteiger partial charge in [-0.15, -0.1) is 125 Å². The minimum Gasteiger partial charge on any atom is -0.126 e. The Bertz CT molecular complexity index is 1120. The Labute approximate surface area is 259 Å². The van der Waals surface area contributed by atoms with Gasteiger partial charge in [0.25, 0.3) is 0 Å². The standard InChI is InChI=1S/3C13H11.Zr/c3*1-3-7-12(8-4-1)11-13-9-5-2-6-10-13;/h3*1-11H;/q3*-1;+3. The zero-order chi connectivity index (χ0) is 26.8. The molecule has 0 amide bonds. The predicted molar refractivity (Wildman–Crippen MR) is 166 cm³/mol. The Morgan fingerprint density at radius 1 is 0.200 bits per heavy atom. The number of benzene rings is 6. The van der Waals surface area contributed by atoms with Gasteiger partial charge in [0.1, 0.15) is 0 Å². The molecule has 0 N–H and O–H groups in total. The zero-order valence-electron chi connectivity index (χ0n) is 22.6. The van der Waals surface area contributed by atoms with Crippen molar-refractivity contribution in [2.75, 3.05) is 0 Å². The van der Waals surface area contributed by atoms with Crippen molar-refractivity contribution < 1.29 is 26.2 Å². The minimum atomic E-state index is 0. The van der Waals surface area contributed by atoms with E-state index in [2.05, 4.69) is 165 Å². The van der Waals surface area contributed by atoms with Gasteiger partial charge in [-0.05, 0) is 0 Å². The van der Waals surface area contributed by atoms with E-state index in [0.717, 1.165) is 0 Å². The maximum Gasteiger partial charge on any atom is 3.00 e. The van der Waals surface area contributed by atoms with Crippen molar-refractivity contribution in [3.8, 4) is 0 Å². The molecule has 6 aromatic carbocycles. The minimum absolute atomic E-state index is 0. The molecule has 0 unspecified atom stereocenters. The Kier molecular flexibility index (Phi) is 13.8. The van der Waals surface area contributed by atoms with Crippen LogP contribution in [0.2, 0.25) is 0 Å². The molecule has 1 radical (unpaired) electrons. The van der Waals surface area contributed by atoms with Gasteiger partial charge in [-0.3, -0.25) is 0 Å². The summed E-state index contributed by atoms with van der Waals surface area (Å²) in [5.74, 6) is 0. The second kappa shape index (κ2) is 18.2. The molecular weight excluding hydrogens is 560 g/mol. The first kappa shape index (κ1) is 30.4. The van der Waals surface area contributed by atoms with Crippen LogP contribution < -0.4 is 0 Å². The first-order chi connectivity index (χ1) is 19.3. The van der Waals surface area contributed by atoms with Crippen LogP contribution in [0.5, 0.6) is 0 Å². The van der Waals surface area contributed by atoms with Crippen LogP contribution in [0.15, 0.2) is 182 Å². The fraction of sp³-hybridized carbons (Fsp3) is 0. The molecular formula is C39H33Zr. The molecule has 0 bridgehead atoms. The molecule has 0 aromatic heterocycles. The molecule has 193 valence electrons. The van der Waals surface area contributed by atoms with Crippen molar-refractivity contribution in [1.82, 2.24) is 0 Å². The molecule has 0 nitrogen and oxygen atoms in total. The summed E-state index contributed by atoms with van der Waals surface area (Å²) in [7, 11) is 0. The number of hydrogen-bond donors (Lipinski definition) is 0. The topological polar surface area (TPSA) is 0 Å². The van der Waals surface area contributed by atoms with Gasteiger partial charge in [-0.25, -0.2) is 0 Å². The molecule has 0 fully saturated rings. The van der Waals surface area contributed by atoms with Crippen molar-refractivity contribution in [3.05, 3.63) is 235 Å². The largest absolute Gasteiger partial charge is 3.00 e. The van der Waals surface area contributed by atoms with Gasteiger partial charge in [0, 0.05) is 0 Å². The maximum atomic E-state index is 2.17. The predicted octanol–water partition coefficient (Wildman–Crippen LogP) is 9.86. The van der Waals surface area contributed by atoms with Crippen LogP contribution in [-0.4, -0.2) is 0 Å². The summed E-state index contributed by atoms with van der Waals surface area (Å²) in [4.78, 5) is 0. The van der Waals surface area contributed by atoms with Gasteiger partial charge in [0.05, 0.1) is 0 Å². The number of rotatable bonds is 6. The SMILES string of the molecule is [Zr+3].c1ccc([CH-]c2ccccc2)cc1.c1ccc([CH-]c2ccccc2)cc1.c1ccc([CH-]c2ccccc2)cc1. The molecule has 0 saturated carbocycles. The van der Waals surface area contributed by atoms with E-state index in [-0.39, 0.29) is 26.2 Å². The Morgan fingerprint density at radius 3 is 0.450 bits per heavy atom. The van der Waals surface area contributed by atoms with Crippen molar-refractivity contribution >= 4 is 0 Å². The summed E-state index contributed by atoms with van der Waals surface area (Å²) in [6.45, 7) is 0. The molecule has 0 spiro atoms. The van der Waals surface area contributed by atoms with Crippen molar-refractivity contribution in [3.63, 3.8) is 0 Å². The van der Waals surface area contributed by atoms with Crippen LogP contribution in [0.3, 0.4) is 0 Å².